The highest BCUT2D eigenvalue weighted by atomic mass is 35.5. The van der Waals surface area contributed by atoms with Gasteiger partial charge in [0.25, 0.3) is 0 Å². The number of phenolic OH excluding ortho intramolecular Hbond substituents is 1. The summed E-state index contributed by atoms with van der Waals surface area (Å²) in [6.45, 7) is 0. The highest BCUT2D eigenvalue weighted by Crippen LogP contribution is 2.36. The average molecular weight is 241 g/mol. The number of Topliss-reactive ketones (excluding diaryl/α,β-unsaturated/α-hetero) is 1. The van der Waals surface area contributed by atoms with Gasteiger partial charge in [-0.1, -0.05) is 11.6 Å². The highest BCUT2D eigenvalue weighted by molar-refractivity contribution is 6.32. The third kappa shape index (κ3) is 1.55. The van der Waals surface area contributed by atoms with Crippen molar-refractivity contribution in [3.05, 3.63) is 28.3 Å². The van der Waals surface area contributed by atoms with Gasteiger partial charge in [-0.15, -0.1) is 0 Å². The summed E-state index contributed by atoms with van der Waals surface area (Å²) < 4.78 is 0. The molecule has 0 saturated carbocycles. The number of aromatic hydroxyl groups is 1. The molecule has 0 heterocycles. The number of hydrogen-bond acceptors (Lipinski definition) is 3. The van der Waals surface area contributed by atoms with E-state index in [0.717, 1.165) is 0 Å². The number of carbonyl (C=O) groups excluding carboxylic acids is 1. The van der Waals surface area contributed by atoms with Crippen LogP contribution in [0.25, 0.3) is 0 Å². The summed E-state index contributed by atoms with van der Waals surface area (Å²) in [6.07, 6.45) is 0.621. The number of aliphatic carboxylic acids is 1. The summed E-state index contributed by atoms with van der Waals surface area (Å²) >= 11 is 5.90. The Balaban J connectivity index is 2.56. The van der Waals surface area contributed by atoms with Crippen LogP contribution >= 0.6 is 11.6 Å². The number of rotatable bonds is 1. The van der Waals surface area contributed by atoms with E-state index in [-0.39, 0.29) is 17.7 Å². The fourth-order valence-electron chi connectivity index (χ4n) is 1.96. The largest absolute Gasteiger partial charge is 0.507 e. The van der Waals surface area contributed by atoms with Crippen LogP contribution in [0.15, 0.2) is 12.1 Å². The Morgan fingerprint density at radius 3 is 2.75 bits per heavy atom. The van der Waals surface area contributed by atoms with E-state index in [1.807, 2.05) is 0 Å². The molecule has 0 radical (unpaired) electrons. The Labute approximate surface area is 96.5 Å². The number of phenols is 1. The van der Waals surface area contributed by atoms with Crippen LogP contribution in [0.5, 0.6) is 5.75 Å². The Morgan fingerprint density at radius 1 is 1.44 bits per heavy atom. The summed E-state index contributed by atoms with van der Waals surface area (Å²) in [6, 6.07) is 2.81. The number of carboxylic acid groups (broad SMARTS) is 1. The molecule has 0 aliphatic heterocycles. The second-order valence-electron chi connectivity index (χ2n) is 3.71. The van der Waals surface area contributed by atoms with Crippen molar-refractivity contribution in [1.29, 1.82) is 0 Å². The van der Waals surface area contributed by atoms with Gasteiger partial charge in [0.2, 0.25) is 0 Å². The van der Waals surface area contributed by atoms with Crippen molar-refractivity contribution in [3.8, 4) is 5.75 Å². The van der Waals surface area contributed by atoms with Crippen LogP contribution < -0.4 is 0 Å². The number of hydrogen-bond donors (Lipinski definition) is 2. The van der Waals surface area contributed by atoms with Gasteiger partial charge in [0.05, 0.1) is 5.56 Å². The lowest BCUT2D eigenvalue weighted by molar-refractivity contribution is -0.140. The predicted molar refractivity (Wildman–Crippen MR) is 56.9 cm³/mol. The lowest BCUT2D eigenvalue weighted by Crippen LogP contribution is -2.29. The van der Waals surface area contributed by atoms with Crippen LogP contribution in [0.3, 0.4) is 0 Å². The van der Waals surface area contributed by atoms with Crippen molar-refractivity contribution >= 4 is 23.4 Å². The minimum atomic E-state index is -1.16. The molecule has 16 heavy (non-hydrogen) atoms. The number of halogens is 1. The topological polar surface area (TPSA) is 74.6 Å². The fraction of sp³-hybridized carbons (Fsp3) is 0.273. The van der Waals surface area contributed by atoms with Crippen LogP contribution in [0.1, 0.15) is 22.3 Å². The van der Waals surface area contributed by atoms with Crippen LogP contribution in [0, 0.1) is 5.92 Å². The fourth-order valence-corrected chi connectivity index (χ4v) is 2.21. The molecule has 4 nitrogen and oxygen atoms in total. The first kappa shape index (κ1) is 11.0. The normalized spacial score (nSPS) is 19.3. The maximum atomic E-state index is 11.8. The van der Waals surface area contributed by atoms with Crippen molar-refractivity contribution in [2.45, 2.75) is 12.8 Å². The summed E-state index contributed by atoms with van der Waals surface area (Å²) in [5.74, 6) is -2.99. The second kappa shape index (κ2) is 3.79. The molecule has 1 aromatic rings. The average Bonchev–Trinajstić information content (AvgIpc) is 2.23. The van der Waals surface area contributed by atoms with Gasteiger partial charge in [-0.3, -0.25) is 9.59 Å². The zero-order valence-corrected chi connectivity index (χ0v) is 8.99. The SMILES string of the molecule is O=C(O)C1CCc2c(Cl)ccc(O)c2C1=O. The van der Waals surface area contributed by atoms with E-state index in [4.69, 9.17) is 16.7 Å². The van der Waals surface area contributed by atoms with Crippen LogP contribution in [0.2, 0.25) is 5.02 Å². The van der Waals surface area contributed by atoms with Crippen molar-refractivity contribution < 1.29 is 19.8 Å². The first-order chi connectivity index (χ1) is 7.52. The number of carboxylic acids is 1. The van der Waals surface area contributed by atoms with Gasteiger partial charge in [-0.05, 0) is 30.5 Å². The smallest absolute Gasteiger partial charge is 0.314 e. The van der Waals surface area contributed by atoms with Gasteiger partial charge in [0.15, 0.2) is 5.78 Å². The Morgan fingerprint density at radius 2 is 2.12 bits per heavy atom. The van der Waals surface area contributed by atoms with E-state index in [9.17, 15) is 14.7 Å². The molecule has 1 aliphatic carbocycles. The molecule has 2 N–H and O–H groups in total. The minimum Gasteiger partial charge on any atom is -0.507 e. The van der Waals surface area contributed by atoms with Crippen molar-refractivity contribution in [3.63, 3.8) is 0 Å². The number of benzene rings is 1. The molecule has 84 valence electrons. The summed E-state index contributed by atoms with van der Waals surface area (Å²) in [4.78, 5) is 22.7. The number of fused-ring (bicyclic) bond motifs is 1. The Bertz CT molecular complexity index is 481. The second-order valence-corrected chi connectivity index (χ2v) is 4.12. The quantitative estimate of drug-likeness (QED) is 0.735. The number of ketones is 1. The van der Waals surface area contributed by atoms with Crippen molar-refractivity contribution in [2.75, 3.05) is 0 Å². The molecular formula is C11H9ClO4. The van der Waals surface area contributed by atoms with Gasteiger partial charge >= 0.3 is 5.97 Å². The Kier molecular flexibility index (Phi) is 2.59. The molecule has 0 amide bonds. The molecule has 1 atom stereocenters. The zero-order chi connectivity index (χ0) is 11.9. The molecule has 0 spiro atoms. The maximum Gasteiger partial charge on any atom is 0.314 e. The van der Waals surface area contributed by atoms with E-state index in [2.05, 4.69) is 0 Å². The van der Waals surface area contributed by atoms with Gasteiger partial charge in [0, 0.05) is 5.02 Å². The molecule has 0 aromatic heterocycles. The molecule has 2 rings (SSSR count). The minimum absolute atomic E-state index is 0.0613. The van der Waals surface area contributed by atoms with E-state index >= 15 is 0 Å². The van der Waals surface area contributed by atoms with Crippen LogP contribution in [0.4, 0.5) is 0 Å². The third-order valence-electron chi connectivity index (χ3n) is 2.78. The standard InChI is InChI=1S/C11H9ClO4/c12-7-3-4-8(13)9-5(7)1-2-6(10(9)14)11(15)16/h3-4,6,13H,1-2H2,(H,15,16). The number of carbonyl (C=O) groups is 2. The van der Waals surface area contributed by atoms with E-state index in [0.29, 0.717) is 17.0 Å². The summed E-state index contributed by atoms with van der Waals surface area (Å²) in [5.41, 5.74) is 0.607. The molecule has 0 fully saturated rings. The van der Waals surface area contributed by atoms with Crippen LogP contribution in [-0.4, -0.2) is 22.0 Å². The van der Waals surface area contributed by atoms with E-state index in [1.54, 1.807) is 0 Å². The lowest BCUT2D eigenvalue weighted by atomic mass is 9.82. The molecule has 1 unspecified atom stereocenters. The van der Waals surface area contributed by atoms with Crippen molar-refractivity contribution in [2.24, 2.45) is 5.92 Å². The van der Waals surface area contributed by atoms with E-state index < -0.39 is 17.7 Å². The first-order valence-electron chi connectivity index (χ1n) is 4.79. The van der Waals surface area contributed by atoms with Gasteiger partial charge in [-0.2, -0.15) is 0 Å². The van der Waals surface area contributed by atoms with Gasteiger partial charge in [-0.25, -0.2) is 0 Å². The van der Waals surface area contributed by atoms with Gasteiger partial charge in [0.1, 0.15) is 11.7 Å². The Hall–Kier alpha value is -1.55. The first-order valence-corrected chi connectivity index (χ1v) is 5.17. The highest BCUT2D eigenvalue weighted by Gasteiger charge is 2.35. The van der Waals surface area contributed by atoms with Crippen molar-refractivity contribution in [1.82, 2.24) is 0 Å². The van der Waals surface area contributed by atoms with Gasteiger partial charge < -0.3 is 10.2 Å². The maximum absolute atomic E-state index is 11.8. The zero-order valence-electron chi connectivity index (χ0n) is 8.24. The summed E-state index contributed by atoms with van der Waals surface area (Å²) in [5, 5.41) is 18.8. The molecule has 1 aliphatic rings. The monoisotopic (exact) mass is 240 g/mol. The lowest BCUT2D eigenvalue weighted by Gasteiger charge is -2.21. The molecular weight excluding hydrogens is 232 g/mol. The third-order valence-corrected chi connectivity index (χ3v) is 3.13. The molecule has 0 bridgehead atoms. The predicted octanol–water partition coefficient (Wildman–Crippen LogP) is 1.88. The molecule has 5 heteroatoms. The molecule has 0 saturated heterocycles. The van der Waals surface area contributed by atoms with Crippen LogP contribution in [-0.2, 0) is 11.2 Å². The summed E-state index contributed by atoms with van der Waals surface area (Å²) in [7, 11) is 0. The van der Waals surface area contributed by atoms with E-state index in [1.165, 1.54) is 12.1 Å². The molecule has 1 aromatic carbocycles.